The Morgan fingerprint density at radius 3 is 2.40 bits per heavy atom. The molecule has 0 aromatic heterocycles. The highest BCUT2D eigenvalue weighted by Gasteiger charge is 2.48. The van der Waals surface area contributed by atoms with Gasteiger partial charge in [0.2, 0.25) is 0 Å². The maximum absolute atomic E-state index is 11.2. The fourth-order valence-corrected chi connectivity index (χ4v) is 2.76. The summed E-state index contributed by atoms with van der Waals surface area (Å²) in [7, 11) is -2.35. The van der Waals surface area contributed by atoms with Gasteiger partial charge in [0.1, 0.15) is 0 Å². The van der Waals surface area contributed by atoms with Crippen molar-refractivity contribution in [2.45, 2.75) is 26.2 Å². The second-order valence-electron chi connectivity index (χ2n) is 3.85. The minimum atomic E-state index is -3.48. The van der Waals surface area contributed by atoms with Crippen LogP contribution in [0.5, 0.6) is 0 Å². The van der Waals surface area contributed by atoms with Crippen LogP contribution in [0.4, 0.5) is 0 Å². The van der Waals surface area contributed by atoms with Crippen LogP contribution in [-0.2, 0) is 23.8 Å². The van der Waals surface area contributed by atoms with Crippen LogP contribution in [0.3, 0.4) is 0 Å². The van der Waals surface area contributed by atoms with E-state index in [1.165, 1.54) is 0 Å². The lowest BCUT2D eigenvalue weighted by Crippen LogP contribution is -2.22. The number of esters is 1. The molecule has 0 N–H and O–H groups in total. The number of ether oxygens (including phenoxy) is 1. The molecule has 6 heteroatoms. The van der Waals surface area contributed by atoms with E-state index in [0.717, 1.165) is 20.0 Å². The Labute approximate surface area is 89.9 Å². The molecule has 5 nitrogen and oxygen atoms in total. The van der Waals surface area contributed by atoms with Gasteiger partial charge in [-0.15, -0.1) is 0 Å². The number of hydrogen-bond donors (Lipinski definition) is 0. The Morgan fingerprint density at radius 2 is 2.00 bits per heavy atom. The summed E-state index contributed by atoms with van der Waals surface area (Å²) in [5.74, 6) is -0.420. The molecule has 88 valence electrons. The molecule has 0 saturated heterocycles. The van der Waals surface area contributed by atoms with Crippen LogP contribution in [0, 0.1) is 5.41 Å². The monoisotopic (exact) mass is 236 g/mol. The zero-order valence-electron chi connectivity index (χ0n) is 8.99. The topological polar surface area (TPSA) is 69.7 Å². The van der Waals surface area contributed by atoms with Crippen LogP contribution in [0.1, 0.15) is 26.2 Å². The molecule has 0 amide bonds. The maximum atomic E-state index is 11.2. The van der Waals surface area contributed by atoms with Gasteiger partial charge in [0.05, 0.1) is 25.9 Å². The lowest BCUT2D eigenvalue weighted by Gasteiger charge is -2.12. The molecule has 0 spiro atoms. The van der Waals surface area contributed by atoms with Gasteiger partial charge in [-0.25, -0.2) is 0 Å². The minimum absolute atomic E-state index is 0.0880. The summed E-state index contributed by atoms with van der Waals surface area (Å²) in [5.41, 5.74) is -0.429. The minimum Gasteiger partial charge on any atom is -0.466 e. The molecule has 0 atom stereocenters. The first-order valence-electron chi connectivity index (χ1n) is 4.87. The molecule has 0 unspecified atom stereocenters. The molecule has 0 aromatic rings. The van der Waals surface area contributed by atoms with E-state index in [-0.39, 0.29) is 18.1 Å². The van der Waals surface area contributed by atoms with Gasteiger partial charge in [0, 0.05) is 0 Å². The van der Waals surface area contributed by atoms with Crippen molar-refractivity contribution in [1.82, 2.24) is 0 Å². The third kappa shape index (κ3) is 3.79. The van der Waals surface area contributed by atoms with Crippen molar-refractivity contribution in [1.29, 1.82) is 0 Å². The Hall–Kier alpha value is -0.620. The van der Waals surface area contributed by atoms with E-state index in [4.69, 9.17) is 4.74 Å². The van der Waals surface area contributed by atoms with Crippen LogP contribution in [0.15, 0.2) is 0 Å². The van der Waals surface area contributed by atoms with Crippen LogP contribution in [0.25, 0.3) is 0 Å². The quantitative estimate of drug-likeness (QED) is 0.501. The van der Waals surface area contributed by atoms with Crippen molar-refractivity contribution in [3.05, 3.63) is 0 Å². The van der Waals surface area contributed by atoms with E-state index in [0.29, 0.717) is 6.61 Å². The molecule has 1 rings (SSSR count). The van der Waals surface area contributed by atoms with Crippen LogP contribution < -0.4 is 0 Å². The smallest absolute Gasteiger partial charge is 0.306 e. The highest BCUT2D eigenvalue weighted by Crippen LogP contribution is 2.50. The molecule has 1 saturated carbocycles. The Kier molecular flexibility index (Phi) is 3.72. The first-order valence-corrected chi connectivity index (χ1v) is 6.45. The van der Waals surface area contributed by atoms with E-state index in [1.54, 1.807) is 6.92 Å². The summed E-state index contributed by atoms with van der Waals surface area (Å²) in [6.45, 7) is 2.05. The molecule has 0 aromatic carbocycles. The second-order valence-corrected chi connectivity index (χ2v) is 5.59. The molecular weight excluding hydrogens is 220 g/mol. The zero-order valence-corrected chi connectivity index (χ0v) is 9.80. The molecule has 0 aliphatic heterocycles. The molecule has 0 heterocycles. The van der Waals surface area contributed by atoms with Gasteiger partial charge in [-0.2, -0.15) is 8.42 Å². The van der Waals surface area contributed by atoms with Crippen molar-refractivity contribution in [2.24, 2.45) is 5.41 Å². The van der Waals surface area contributed by atoms with E-state index < -0.39 is 15.5 Å². The molecule has 1 fully saturated rings. The average Bonchev–Trinajstić information content (AvgIpc) is 2.84. The Bertz CT molecular complexity index is 328. The van der Waals surface area contributed by atoms with Crippen molar-refractivity contribution >= 4 is 16.1 Å². The third-order valence-electron chi connectivity index (χ3n) is 2.52. The lowest BCUT2D eigenvalue weighted by atomic mass is 10.1. The fraction of sp³-hybridized carbons (Fsp3) is 0.889. The summed E-state index contributed by atoms with van der Waals surface area (Å²) >= 11 is 0. The standard InChI is InChI=1S/C9H16O5S/c1-3-14-8(10)6-9(4-5-9)7-15(11,12)13-2/h3-7H2,1-2H3. The lowest BCUT2D eigenvalue weighted by molar-refractivity contribution is -0.144. The zero-order chi connectivity index (χ0) is 11.5. The predicted molar refractivity (Wildman–Crippen MR) is 53.7 cm³/mol. The number of carbonyl (C=O) groups is 1. The maximum Gasteiger partial charge on any atom is 0.306 e. The van der Waals surface area contributed by atoms with Gasteiger partial charge < -0.3 is 4.74 Å². The first kappa shape index (κ1) is 12.4. The third-order valence-corrected chi connectivity index (χ3v) is 3.99. The molecular formula is C9H16O5S. The van der Waals surface area contributed by atoms with Gasteiger partial charge in [0.25, 0.3) is 10.1 Å². The van der Waals surface area contributed by atoms with Gasteiger partial charge in [0.15, 0.2) is 0 Å². The summed E-state index contributed by atoms with van der Waals surface area (Å²) < 4.78 is 31.6. The normalized spacial score (nSPS) is 18.5. The number of carbonyl (C=O) groups excluding carboxylic acids is 1. The van der Waals surface area contributed by atoms with E-state index in [1.807, 2.05) is 0 Å². The molecule has 1 aliphatic rings. The summed E-state index contributed by atoms with van der Waals surface area (Å²) in [4.78, 5) is 11.2. The van der Waals surface area contributed by atoms with Gasteiger partial charge >= 0.3 is 5.97 Å². The highest BCUT2D eigenvalue weighted by atomic mass is 32.2. The van der Waals surface area contributed by atoms with Crippen molar-refractivity contribution < 1.29 is 22.1 Å². The summed E-state index contributed by atoms with van der Waals surface area (Å²) in [6.07, 6.45) is 1.66. The van der Waals surface area contributed by atoms with Crippen LogP contribution in [-0.4, -0.2) is 33.9 Å². The van der Waals surface area contributed by atoms with Crippen LogP contribution in [0.2, 0.25) is 0 Å². The first-order chi connectivity index (χ1) is 6.93. The summed E-state index contributed by atoms with van der Waals surface area (Å²) in [6, 6.07) is 0. The van der Waals surface area contributed by atoms with Crippen molar-refractivity contribution in [3.63, 3.8) is 0 Å². The highest BCUT2D eigenvalue weighted by molar-refractivity contribution is 7.86. The Balaban J connectivity index is 2.51. The van der Waals surface area contributed by atoms with Crippen molar-refractivity contribution in [2.75, 3.05) is 19.5 Å². The molecule has 0 bridgehead atoms. The molecule has 0 radical (unpaired) electrons. The Morgan fingerprint density at radius 1 is 1.40 bits per heavy atom. The van der Waals surface area contributed by atoms with Gasteiger partial charge in [-0.05, 0) is 25.2 Å². The number of hydrogen-bond acceptors (Lipinski definition) is 5. The SMILES string of the molecule is CCOC(=O)CC1(CS(=O)(=O)OC)CC1. The van der Waals surface area contributed by atoms with E-state index >= 15 is 0 Å². The second kappa shape index (κ2) is 4.49. The summed E-state index contributed by atoms with van der Waals surface area (Å²) in [5, 5.41) is 0. The molecule has 1 aliphatic carbocycles. The van der Waals surface area contributed by atoms with Gasteiger partial charge in [-0.3, -0.25) is 8.98 Å². The van der Waals surface area contributed by atoms with Crippen molar-refractivity contribution in [3.8, 4) is 0 Å². The molecule has 15 heavy (non-hydrogen) atoms. The average molecular weight is 236 g/mol. The largest absolute Gasteiger partial charge is 0.466 e. The predicted octanol–water partition coefficient (Wildman–Crippen LogP) is 0.696. The van der Waals surface area contributed by atoms with Crippen LogP contribution >= 0.6 is 0 Å². The van der Waals surface area contributed by atoms with E-state index in [9.17, 15) is 13.2 Å². The number of rotatable bonds is 6. The van der Waals surface area contributed by atoms with E-state index in [2.05, 4.69) is 4.18 Å². The fourth-order valence-electron chi connectivity index (χ4n) is 1.50. The van der Waals surface area contributed by atoms with Gasteiger partial charge in [-0.1, -0.05) is 0 Å².